The maximum atomic E-state index is 11.8. The minimum Gasteiger partial charge on any atom is -0.496 e. The van der Waals surface area contributed by atoms with Gasteiger partial charge in [-0.2, -0.15) is 8.42 Å². The van der Waals surface area contributed by atoms with Gasteiger partial charge in [-0.25, -0.2) is 0 Å². The van der Waals surface area contributed by atoms with E-state index in [2.05, 4.69) is 6.92 Å². The zero-order chi connectivity index (χ0) is 23.6. The van der Waals surface area contributed by atoms with Gasteiger partial charge < -0.3 is 9.47 Å². The van der Waals surface area contributed by atoms with Crippen molar-refractivity contribution in [1.82, 2.24) is 0 Å². The topological polar surface area (TPSA) is 89.9 Å². The largest absolute Gasteiger partial charge is 0.496 e. The molecule has 2 rings (SSSR count). The number of carbonyl (C=O) groups excluding carboxylic acids is 1. The van der Waals surface area contributed by atoms with Crippen LogP contribution in [0.5, 0.6) is 11.5 Å². The Morgan fingerprint density at radius 2 is 1.78 bits per heavy atom. The number of methoxy groups -OCH3 is 1. The predicted molar refractivity (Wildman–Crippen MR) is 126 cm³/mol. The van der Waals surface area contributed by atoms with Crippen LogP contribution in [-0.4, -0.2) is 33.0 Å². The van der Waals surface area contributed by atoms with Crippen LogP contribution < -0.4 is 9.47 Å². The van der Waals surface area contributed by atoms with Crippen LogP contribution in [0.4, 0.5) is 0 Å². The zero-order valence-electron chi connectivity index (χ0n) is 19.2. The number of aryl methyl sites for hydroxylation is 2. The van der Waals surface area contributed by atoms with E-state index in [1.807, 2.05) is 25.1 Å². The van der Waals surface area contributed by atoms with E-state index in [4.69, 9.17) is 9.47 Å². The first-order valence-corrected chi connectivity index (χ1v) is 12.7. The van der Waals surface area contributed by atoms with Crippen molar-refractivity contribution >= 4 is 16.4 Å². The first-order chi connectivity index (χ1) is 15.3. The number of hydrogen-bond donors (Lipinski definition) is 1. The predicted octanol–water partition coefficient (Wildman–Crippen LogP) is 5.59. The summed E-state index contributed by atoms with van der Waals surface area (Å²) in [6, 6.07) is 11.0. The Kier molecular flexibility index (Phi) is 10.2. The Labute approximate surface area is 191 Å². The number of benzene rings is 2. The molecule has 0 radical (unpaired) electrons. The van der Waals surface area contributed by atoms with E-state index >= 15 is 0 Å². The van der Waals surface area contributed by atoms with E-state index in [1.165, 1.54) is 7.11 Å². The lowest BCUT2D eigenvalue weighted by molar-refractivity contribution is 0.112. The first kappa shape index (κ1) is 25.9. The molecule has 6 nitrogen and oxygen atoms in total. The summed E-state index contributed by atoms with van der Waals surface area (Å²) in [4.78, 5) is 11.1. The molecule has 0 spiro atoms. The van der Waals surface area contributed by atoms with E-state index < -0.39 is 15.4 Å². The summed E-state index contributed by atoms with van der Waals surface area (Å²) in [6.07, 6.45) is 6.18. The van der Waals surface area contributed by atoms with Crippen molar-refractivity contribution in [3.05, 3.63) is 58.7 Å². The molecule has 176 valence electrons. The van der Waals surface area contributed by atoms with Crippen molar-refractivity contribution in [1.29, 1.82) is 0 Å². The fourth-order valence-corrected chi connectivity index (χ4v) is 4.75. The molecule has 0 aromatic heterocycles. The van der Waals surface area contributed by atoms with Crippen molar-refractivity contribution in [3.63, 3.8) is 0 Å². The van der Waals surface area contributed by atoms with Crippen molar-refractivity contribution in [2.24, 2.45) is 0 Å². The molecule has 2 aromatic rings. The van der Waals surface area contributed by atoms with Gasteiger partial charge in [-0.15, -0.1) is 0 Å². The summed E-state index contributed by atoms with van der Waals surface area (Å²) in [5.41, 5.74) is 3.16. The second kappa shape index (κ2) is 12.6. The number of ether oxygens (including phenoxy) is 2. The Hall–Kier alpha value is -2.38. The molecule has 0 aliphatic heterocycles. The standard InChI is InChI=1S/C25H34O6S/c1-4-6-15-31-23-17-20(18-26)11-13-21(23)10-7-9-19-12-14-22(24(16-19)30-3)25(8-5-2)32(27,28)29/h11-14,16-18,25H,4-10,15H2,1-3H3,(H,27,28,29). The summed E-state index contributed by atoms with van der Waals surface area (Å²) in [5, 5.41) is -0.990. The van der Waals surface area contributed by atoms with E-state index in [-0.39, 0.29) is 0 Å². The van der Waals surface area contributed by atoms with Crippen LogP contribution in [-0.2, 0) is 23.0 Å². The third-order valence-electron chi connectivity index (χ3n) is 5.45. The van der Waals surface area contributed by atoms with Gasteiger partial charge >= 0.3 is 0 Å². The molecule has 0 aliphatic carbocycles. The van der Waals surface area contributed by atoms with Crippen LogP contribution >= 0.6 is 0 Å². The molecule has 1 unspecified atom stereocenters. The van der Waals surface area contributed by atoms with Gasteiger partial charge in [0.1, 0.15) is 23.0 Å². The van der Waals surface area contributed by atoms with Crippen LogP contribution in [0.25, 0.3) is 0 Å². The van der Waals surface area contributed by atoms with Gasteiger partial charge in [0, 0.05) is 11.1 Å². The summed E-state index contributed by atoms with van der Waals surface area (Å²) >= 11 is 0. The van der Waals surface area contributed by atoms with Gasteiger partial charge in [0.2, 0.25) is 0 Å². The number of unbranched alkanes of at least 4 members (excludes halogenated alkanes) is 1. The molecule has 0 fully saturated rings. The minimum absolute atomic E-state index is 0.326. The van der Waals surface area contributed by atoms with Crippen LogP contribution in [0.1, 0.15) is 78.2 Å². The van der Waals surface area contributed by atoms with Gasteiger partial charge in [-0.1, -0.05) is 51.0 Å². The molecule has 0 bridgehead atoms. The Morgan fingerprint density at radius 3 is 2.41 bits per heavy atom. The number of carbonyl (C=O) groups is 1. The lowest BCUT2D eigenvalue weighted by Crippen LogP contribution is -2.13. The highest BCUT2D eigenvalue weighted by molar-refractivity contribution is 7.86. The van der Waals surface area contributed by atoms with Gasteiger partial charge in [-0.05, 0) is 55.4 Å². The van der Waals surface area contributed by atoms with E-state index in [0.717, 1.165) is 55.3 Å². The maximum Gasteiger partial charge on any atom is 0.272 e. The van der Waals surface area contributed by atoms with Gasteiger partial charge in [-0.3, -0.25) is 9.35 Å². The molecular formula is C25H34O6S. The second-order valence-corrected chi connectivity index (χ2v) is 9.51. The summed E-state index contributed by atoms with van der Waals surface area (Å²) in [6.45, 7) is 4.60. The number of aldehydes is 1. The van der Waals surface area contributed by atoms with Crippen molar-refractivity contribution in [2.45, 2.75) is 64.0 Å². The van der Waals surface area contributed by atoms with Gasteiger partial charge in [0.05, 0.1) is 13.7 Å². The minimum atomic E-state index is -4.22. The molecule has 0 aliphatic rings. The summed E-state index contributed by atoms with van der Waals surface area (Å²) in [7, 11) is -2.71. The maximum absolute atomic E-state index is 11.8. The molecule has 0 saturated carbocycles. The zero-order valence-corrected chi connectivity index (χ0v) is 20.0. The number of hydrogen-bond acceptors (Lipinski definition) is 5. The van der Waals surface area contributed by atoms with Crippen LogP contribution in [0.3, 0.4) is 0 Å². The molecule has 0 amide bonds. The normalized spacial score (nSPS) is 12.4. The third kappa shape index (κ3) is 7.35. The summed E-state index contributed by atoms with van der Waals surface area (Å²) in [5.74, 6) is 1.23. The van der Waals surface area contributed by atoms with Gasteiger partial charge in [0.15, 0.2) is 0 Å². The fraction of sp³-hybridized carbons (Fsp3) is 0.480. The Balaban J connectivity index is 2.12. The van der Waals surface area contributed by atoms with Gasteiger partial charge in [0.25, 0.3) is 10.1 Å². The average molecular weight is 463 g/mol. The molecule has 0 heterocycles. The molecule has 7 heteroatoms. The molecule has 32 heavy (non-hydrogen) atoms. The highest BCUT2D eigenvalue weighted by Crippen LogP contribution is 2.34. The quantitative estimate of drug-likeness (QED) is 0.224. The molecule has 0 saturated heterocycles. The number of rotatable bonds is 14. The molecule has 1 atom stereocenters. The molecular weight excluding hydrogens is 428 g/mol. The second-order valence-electron chi connectivity index (χ2n) is 7.91. The highest BCUT2D eigenvalue weighted by atomic mass is 32.2. The summed E-state index contributed by atoms with van der Waals surface area (Å²) < 4.78 is 44.7. The Morgan fingerprint density at radius 1 is 1.00 bits per heavy atom. The third-order valence-corrected chi connectivity index (χ3v) is 6.66. The van der Waals surface area contributed by atoms with Crippen molar-refractivity contribution in [2.75, 3.05) is 13.7 Å². The van der Waals surface area contributed by atoms with E-state index in [9.17, 15) is 17.8 Å². The highest BCUT2D eigenvalue weighted by Gasteiger charge is 2.27. The smallest absolute Gasteiger partial charge is 0.272 e. The van der Waals surface area contributed by atoms with Crippen molar-refractivity contribution < 1.29 is 27.2 Å². The lowest BCUT2D eigenvalue weighted by Gasteiger charge is -2.18. The molecule has 2 aromatic carbocycles. The average Bonchev–Trinajstić information content (AvgIpc) is 2.77. The SMILES string of the molecule is CCCCOc1cc(C=O)ccc1CCCc1ccc(C(CCC)S(=O)(=O)O)c(OC)c1. The molecule has 1 N–H and O–H groups in total. The Bertz CT molecular complexity index is 984. The fourth-order valence-electron chi connectivity index (χ4n) is 3.70. The lowest BCUT2D eigenvalue weighted by atomic mass is 9.99. The van der Waals surface area contributed by atoms with Crippen LogP contribution in [0.15, 0.2) is 36.4 Å². The van der Waals surface area contributed by atoms with Crippen LogP contribution in [0.2, 0.25) is 0 Å². The monoisotopic (exact) mass is 462 g/mol. The van der Waals surface area contributed by atoms with E-state index in [0.29, 0.717) is 36.3 Å². The van der Waals surface area contributed by atoms with Crippen LogP contribution in [0, 0.1) is 0 Å². The van der Waals surface area contributed by atoms with E-state index in [1.54, 1.807) is 18.2 Å². The first-order valence-electron chi connectivity index (χ1n) is 11.2. The van der Waals surface area contributed by atoms with Crippen molar-refractivity contribution in [3.8, 4) is 11.5 Å².